The highest BCUT2D eigenvalue weighted by Gasteiger charge is 2.27. The van der Waals surface area contributed by atoms with Crippen LogP contribution in [0.4, 0.5) is 5.69 Å². The molecule has 0 atom stereocenters. The summed E-state index contributed by atoms with van der Waals surface area (Å²) in [7, 11) is -2.57. The number of aromatic nitrogens is 4. The van der Waals surface area contributed by atoms with Gasteiger partial charge in [-0.3, -0.25) is 19.6 Å². The number of nitrogens with zero attached hydrogens (tertiary/aromatic N) is 5. The van der Waals surface area contributed by atoms with Gasteiger partial charge in [0.05, 0.1) is 29.0 Å². The van der Waals surface area contributed by atoms with Crippen LogP contribution in [-0.4, -0.2) is 69.6 Å². The third kappa shape index (κ3) is 11.6. The van der Waals surface area contributed by atoms with Crippen LogP contribution in [0.5, 0.6) is 0 Å². The van der Waals surface area contributed by atoms with E-state index in [1.54, 1.807) is 23.0 Å². The van der Waals surface area contributed by atoms with Crippen molar-refractivity contribution in [2.45, 2.75) is 44.0 Å². The van der Waals surface area contributed by atoms with Gasteiger partial charge in [0.25, 0.3) is 0 Å². The minimum atomic E-state index is -3.88. The number of benzene rings is 2. The van der Waals surface area contributed by atoms with E-state index in [9.17, 15) is 22.8 Å². The molecule has 0 radical (unpaired) electrons. The number of carbonyl (C=O) groups is 3. The van der Waals surface area contributed by atoms with Crippen LogP contribution in [0.3, 0.4) is 0 Å². The van der Waals surface area contributed by atoms with Crippen molar-refractivity contribution in [2.75, 3.05) is 19.0 Å². The van der Waals surface area contributed by atoms with Gasteiger partial charge in [0.2, 0.25) is 21.8 Å². The molecule has 4 N–H and O–H groups in total. The lowest BCUT2D eigenvalue weighted by atomic mass is 10.1. The molecule has 0 unspecified atom stereocenters. The third-order valence-corrected chi connectivity index (χ3v) is 10.1. The van der Waals surface area contributed by atoms with Gasteiger partial charge in [0, 0.05) is 79.3 Å². The van der Waals surface area contributed by atoms with Gasteiger partial charge in [-0.05, 0) is 55.2 Å². The smallest absolute Gasteiger partial charge is 0.356 e. The van der Waals surface area contributed by atoms with Crippen LogP contribution in [0.15, 0.2) is 120 Å². The van der Waals surface area contributed by atoms with Crippen molar-refractivity contribution >= 4 is 68.1 Å². The molecule has 14 nitrogen and oxygen atoms in total. The summed E-state index contributed by atoms with van der Waals surface area (Å²) in [6.07, 6.45) is 9.33. The lowest BCUT2D eigenvalue weighted by molar-refractivity contribution is -0.132. The first kappa shape index (κ1) is 42.3. The standard InChI is InChI=1S/C25H21N5O2S.C6H6ClNO2.C5H9N.C4H4ClNO2/c26-33(31,32)21-13-20(16-27-17-21)23-14-24(28-15-18-7-3-1-4-8-18)25-22(11-12-30(25)29-23)19-9-5-2-6-10-19;1-10-6(9)5-4(7)2-3-8-5;1-5-3-2-4-6-5;5-6-3(7)1-2-4(6)8/h1-14,16-17,28H,15H2,(H2,26,31,32);2-3,8H,1H3;2-4H2,1H3;1-2H2. The third-order valence-electron chi connectivity index (χ3n) is 8.52. The molecule has 296 valence electrons. The Kier molecular flexibility index (Phi) is 14.7. The zero-order chi connectivity index (χ0) is 41.0. The molecule has 2 aliphatic rings. The van der Waals surface area contributed by atoms with E-state index in [0.29, 0.717) is 32.9 Å². The van der Waals surface area contributed by atoms with E-state index in [2.05, 4.69) is 56.2 Å². The lowest BCUT2D eigenvalue weighted by Gasteiger charge is -2.13. The zero-order valence-corrected chi connectivity index (χ0v) is 33.4. The molecule has 1 saturated heterocycles. The normalized spacial score (nSPS) is 13.4. The van der Waals surface area contributed by atoms with Crippen LogP contribution in [0.25, 0.3) is 27.9 Å². The molecule has 2 amide bonds. The first-order valence-electron chi connectivity index (χ1n) is 17.6. The van der Waals surface area contributed by atoms with Gasteiger partial charge in [-0.1, -0.05) is 72.3 Å². The largest absolute Gasteiger partial charge is 0.464 e. The average Bonchev–Trinajstić information content (AvgIpc) is 4.05. The van der Waals surface area contributed by atoms with Gasteiger partial charge in [-0.25, -0.2) is 22.9 Å². The van der Waals surface area contributed by atoms with Gasteiger partial charge >= 0.3 is 5.97 Å². The number of amides is 2. The highest BCUT2D eigenvalue weighted by atomic mass is 35.5. The molecule has 0 aliphatic carbocycles. The number of fused-ring (bicyclic) bond motifs is 1. The maximum atomic E-state index is 11.8. The predicted molar refractivity (Wildman–Crippen MR) is 220 cm³/mol. The molecule has 2 aromatic carbocycles. The first-order chi connectivity index (χ1) is 27.3. The summed E-state index contributed by atoms with van der Waals surface area (Å²) in [6.45, 7) is 3.79. The molecule has 0 spiro atoms. The number of H-pyrrole nitrogens is 1. The fraction of sp³-hybridized carbons (Fsp3) is 0.200. The van der Waals surface area contributed by atoms with Gasteiger partial charge in [0.1, 0.15) is 10.6 Å². The summed E-state index contributed by atoms with van der Waals surface area (Å²) in [5, 5.41) is 13.9. The minimum absolute atomic E-state index is 0.0572. The molecule has 0 saturated carbocycles. The molecular formula is C40H40Cl2N8O6S. The van der Waals surface area contributed by atoms with Crippen molar-refractivity contribution in [1.82, 2.24) is 24.0 Å². The second-order valence-corrected chi connectivity index (χ2v) is 14.9. The van der Waals surface area contributed by atoms with Crippen molar-refractivity contribution in [2.24, 2.45) is 10.1 Å². The number of rotatable bonds is 7. The van der Waals surface area contributed by atoms with E-state index in [-0.39, 0.29) is 29.6 Å². The Hall–Kier alpha value is -5.87. The first-order valence-corrected chi connectivity index (χ1v) is 19.9. The van der Waals surface area contributed by atoms with E-state index in [4.69, 9.17) is 33.6 Å². The number of aliphatic imine (C=N–C) groups is 1. The van der Waals surface area contributed by atoms with Gasteiger partial charge < -0.3 is 15.0 Å². The molecule has 6 aromatic rings. The lowest BCUT2D eigenvalue weighted by Crippen LogP contribution is -2.16. The molecule has 4 aromatic heterocycles. The number of anilines is 1. The molecule has 17 heteroatoms. The SMILES string of the molecule is CC1=NCCC1.COC(=O)c1[nH]ccc1Cl.NS(=O)(=O)c1cncc(-c2cc(NCc3ccccc3)c3c(-c4ccccc4)ccn3n2)c1.O=C1CCC(=O)N1Cl. The van der Waals surface area contributed by atoms with E-state index >= 15 is 0 Å². The number of esters is 1. The number of hydrogen-bond donors (Lipinski definition) is 3. The van der Waals surface area contributed by atoms with Crippen LogP contribution < -0.4 is 10.5 Å². The fourth-order valence-electron chi connectivity index (χ4n) is 5.60. The Morgan fingerprint density at radius 1 is 0.947 bits per heavy atom. The number of aromatic amines is 1. The van der Waals surface area contributed by atoms with Crippen LogP contribution in [0, 0.1) is 0 Å². The van der Waals surface area contributed by atoms with Crippen LogP contribution in [0.2, 0.25) is 5.02 Å². The molecule has 57 heavy (non-hydrogen) atoms. The Balaban J connectivity index is 0.000000207. The number of nitrogens with one attached hydrogen (secondary N) is 2. The maximum Gasteiger partial charge on any atom is 0.356 e. The van der Waals surface area contributed by atoms with Crippen molar-refractivity contribution < 1.29 is 27.5 Å². The Bertz CT molecular complexity index is 2460. The second kappa shape index (κ2) is 19.8. The Labute approximate surface area is 339 Å². The second-order valence-electron chi connectivity index (χ2n) is 12.6. The zero-order valence-electron chi connectivity index (χ0n) is 31.1. The number of methoxy groups -OCH3 is 1. The summed E-state index contributed by atoms with van der Waals surface area (Å²) in [5.41, 5.74) is 7.81. The Morgan fingerprint density at radius 2 is 1.63 bits per heavy atom. The van der Waals surface area contributed by atoms with Crippen molar-refractivity contribution in [3.05, 3.63) is 126 Å². The number of primary sulfonamides is 1. The number of pyridine rings is 1. The minimum Gasteiger partial charge on any atom is -0.464 e. The predicted octanol–water partition coefficient (Wildman–Crippen LogP) is 7.31. The summed E-state index contributed by atoms with van der Waals surface area (Å²) in [6, 6.07) is 27.2. The highest BCUT2D eigenvalue weighted by molar-refractivity contribution is 7.89. The number of nitrogens with two attached hydrogens (primary N) is 1. The molecule has 2 aliphatic heterocycles. The summed E-state index contributed by atoms with van der Waals surface area (Å²) in [5.74, 6) is -1.04. The average molecular weight is 832 g/mol. The van der Waals surface area contributed by atoms with Crippen molar-refractivity contribution in [3.63, 3.8) is 0 Å². The van der Waals surface area contributed by atoms with E-state index in [1.807, 2.05) is 54.7 Å². The van der Waals surface area contributed by atoms with Crippen LogP contribution in [-0.2, 0) is 30.9 Å². The summed E-state index contributed by atoms with van der Waals surface area (Å²) >= 11 is 10.7. The number of halogens is 2. The number of imide groups is 1. The fourth-order valence-corrected chi connectivity index (χ4v) is 6.46. The van der Waals surface area contributed by atoms with E-state index in [0.717, 1.165) is 34.4 Å². The quantitative estimate of drug-likeness (QED) is 0.0840. The molecule has 1 fully saturated rings. The summed E-state index contributed by atoms with van der Waals surface area (Å²) in [4.78, 5) is 42.3. The van der Waals surface area contributed by atoms with Crippen LogP contribution >= 0.6 is 23.4 Å². The summed E-state index contributed by atoms with van der Waals surface area (Å²) < 4.78 is 30.5. The van der Waals surface area contributed by atoms with Crippen molar-refractivity contribution in [3.8, 4) is 22.4 Å². The van der Waals surface area contributed by atoms with Gasteiger partial charge in [0.15, 0.2) is 0 Å². The van der Waals surface area contributed by atoms with E-state index in [1.165, 1.54) is 37.9 Å². The van der Waals surface area contributed by atoms with Gasteiger partial charge in [-0.2, -0.15) is 9.52 Å². The topological polar surface area (TPSA) is 194 Å². The molecule has 6 heterocycles. The van der Waals surface area contributed by atoms with E-state index < -0.39 is 16.0 Å². The molecule has 0 bridgehead atoms. The maximum absolute atomic E-state index is 11.8. The monoisotopic (exact) mass is 830 g/mol. The molecular weight excluding hydrogens is 791 g/mol. The number of ether oxygens (including phenoxy) is 1. The van der Waals surface area contributed by atoms with Crippen molar-refractivity contribution in [1.29, 1.82) is 0 Å². The Morgan fingerprint density at radius 3 is 2.16 bits per heavy atom. The van der Waals surface area contributed by atoms with Crippen LogP contribution in [0.1, 0.15) is 48.7 Å². The number of carbonyl (C=O) groups excluding carboxylic acids is 3. The molecule has 8 rings (SSSR count). The van der Waals surface area contributed by atoms with Gasteiger partial charge in [-0.15, -0.1) is 0 Å². The number of sulfonamides is 1. The highest BCUT2D eigenvalue weighted by Crippen LogP contribution is 2.33. The number of hydrogen-bond acceptors (Lipinski definition) is 10.